The molecule has 0 aromatic heterocycles. The number of carbonyl (C=O) groups excluding carboxylic acids is 1. The Morgan fingerprint density at radius 2 is 2.16 bits per heavy atom. The van der Waals surface area contributed by atoms with E-state index in [1.54, 1.807) is 24.3 Å². The summed E-state index contributed by atoms with van der Waals surface area (Å²) in [5, 5.41) is 12.0. The van der Waals surface area contributed by atoms with Crippen molar-refractivity contribution in [1.29, 1.82) is 5.26 Å². The first-order chi connectivity index (χ1) is 9.11. The molecule has 0 heterocycles. The summed E-state index contributed by atoms with van der Waals surface area (Å²) in [6.45, 7) is 4.46. The highest BCUT2D eigenvalue weighted by molar-refractivity contribution is 5.94. The Morgan fingerprint density at radius 1 is 1.37 bits per heavy atom. The molecule has 0 unspecified atom stereocenters. The Hall–Kier alpha value is -1.82. The highest BCUT2D eigenvalue weighted by Gasteiger charge is 2.28. The molecule has 100 valence electrons. The average Bonchev–Trinajstić information content (AvgIpc) is 2.44. The Morgan fingerprint density at radius 3 is 2.89 bits per heavy atom. The van der Waals surface area contributed by atoms with Crippen LogP contribution in [0.15, 0.2) is 24.3 Å². The van der Waals surface area contributed by atoms with Gasteiger partial charge in [0, 0.05) is 11.6 Å². The summed E-state index contributed by atoms with van der Waals surface area (Å²) < 4.78 is 0. The molecule has 2 rings (SSSR count). The highest BCUT2D eigenvalue weighted by atomic mass is 16.1. The second-order valence-corrected chi connectivity index (χ2v) is 5.54. The van der Waals surface area contributed by atoms with Crippen molar-refractivity contribution in [2.75, 3.05) is 0 Å². The third-order valence-corrected chi connectivity index (χ3v) is 4.28. The summed E-state index contributed by atoms with van der Waals surface area (Å²) in [6, 6.07) is 9.18. The van der Waals surface area contributed by atoms with Crippen LogP contribution in [0.4, 0.5) is 0 Å². The molecule has 1 aliphatic rings. The summed E-state index contributed by atoms with van der Waals surface area (Å²) in [5.74, 6) is 1.10. The molecule has 3 heteroatoms. The number of rotatable bonds is 2. The lowest BCUT2D eigenvalue weighted by Crippen LogP contribution is -2.43. The molecule has 0 radical (unpaired) electrons. The van der Waals surface area contributed by atoms with Crippen LogP contribution in [-0.4, -0.2) is 11.9 Å². The molecule has 0 aliphatic heterocycles. The van der Waals surface area contributed by atoms with Crippen LogP contribution in [0.1, 0.15) is 49.0 Å². The van der Waals surface area contributed by atoms with Gasteiger partial charge in [0.2, 0.25) is 0 Å². The molecular weight excluding hydrogens is 236 g/mol. The maximum atomic E-state index is 12.2. The number of hydrogen-bond acceptors (Lipinski definition) is 2. The molecular formula is C16H20N2O. The maximum absolute atomic E-state index is 12.2. The van der Waals surface area contributed by atoms with Crippen LogP contribution >= 0.6 is 0 Å². The lowest BCUT2D eigenvalue weighted by atomic mass is 9.78. The molecule has 19 heavy (non-hydrogen) atoms. The van der Waals surface area contributed by atoms with E-state index in [-0.39, 0.29) is 11.9 Å². The van der Waals surface area contributed by atoms with E-state index in [2.05, 4.69) is 25.2 Å². The number of nitrogens with zero attached hydrogens (tertiary/aromatic N) is 1. The summed E-state index contributed by atoms with van der Waals surface area (Å²) in [6.07, 6.45) is 3.47. The Balaban J connectivity index is 2.06. The summed E-state index contributed by atoms with van der Waals surface area (Å²) in [4.78, 5) is 12.2. The van der Waals surface area contributed by atoms with Gasteiger partial charge >= 0.3 is 0 Å². The van der Waals surface area contributed by atoms with E-state index in [4.69, 9.17) is 5.26 Å². The number of nitrogens with one attached hydrogen (secondary N) is 1. The Kier molecular flexibility index (Phi) is 4.21. The predicted octanol–water partition coefficient (Wildman–Crippen LogP) is 3.11. The summed E-state index contributed by atoms with van der Waals surface area (Å²) >= 11 is 0. The number of benzene rings is 1. The normalized spacial score (nSPS) is 26.5. The molecule has 0 spiro atoms. The monoisotopic (exact) mass is 256 g/mol. The lowest BCUT2D eigenvalue weighted by molar-refractivity contribution is 0.0891. The molecule has 1 fully saturated rings. The van der Waals surface area contributed by atoms with Crippen molar-refractivity contribution in [2.24, 2.45) is 11.8 Å². The maximum Gasteiger partial charge on any atom is 0.251 e. The minimum atomic E-state index is -0.0666. The van der Waals surface area contributed by atoms with Crippen molar-refractivity contribution in [3.05, 3.63) is 35.4 Å². The molecule has 1 aliphatic carbocycles. The van der Waals surface area contributed by atoms with Crippen LogP contribution in [-0.2, 0) is 0 Å². The van der Waals surface area contributed by atoms with Gasteiger partial charge in [-0.25, -0.2) is 0 Å². The zero-order chi connectivity index (χ0) is 13.8. The van der Waals surface area contributed by atoms with E-state index in [1.165, 1.54) is 12.8 Å². The van der Waals surface area contributed by atoms with Gasteiger partial charge in [0.1, 0.15) is 0 Å². The Bertz CT molecular complexity index is 504. The third-order valence-electron chi connectivity index (χ3n) is 4.28. The fourth-order valence-electron chi connectivity index (χ4n) is 2.77. The molecule has 3 atom stereocenters. The fraction of sp³-hybridized carbons (Fsp3) is 0.500. The van der Waals surface area contributed by atoms with Gasteiger partial charge in [-0.1, -0.05) is 32.8 Å². The topological polar surface area (TPSA) is 52.9 Å². The second-order valence-electron chi connectivity index (χ2n) is 5.54. The molecule has 1 saturated carbocycles. The first-order valence-corrected chi connectivity index (χ1v) is 6.93. The first-order valence-electron chi connectivity index (χ1n) is 6.93. The number of hydrogen-bond donors (Lipinski definition) is 1. The van der Waals surface area contributed by atoms with E-state index in [0.29, 0.717) is 23.0 Å². The van der Waals surface area contributed by atoms with Gasteiger partial charge in [-0.15, -0.1) is 0 Å². The smallest absolute Gasteiger partial charge is 0.251 e. The molecule has 1 amide bonds. The average molecular weight is 256 g/mol. The fourth-order valence-corrected chi connectivity index (χ4v) is 2.77. The zero-order valence-electron chi connectivity index (χ0n) is 11.5. The molecule has 1 aromatic rings. The van der Waals surface area contributed by atoms with Crippen molar-refractivity contribution >= 4 is 5.91 Å². The Labute approximate surface area is 114 Å². The van der Waals surface area contributed by atoms with Crippen molar-refractivity contribution in [3.8, 4) is 6.07 Å². The van der Waals surface area contributed by atoms with Crippen molar-refractivity contribution in [1.82, 2.24) is 5.32 Å². The van der Waals surface area contributed by atoms with Crippen LogP contribution < -0.4 is 5.32 Å². The number of carbonyl (C=O) groups is 1. The van der Waals surface area contributed by atoms with Crippen LogP contribution in [0.2, 0.25) is 0 Å². The van der Waals surface area contributed by atoms with Gasteiger partial charge < -0.3 is 5.32 Å². The van der Waals surface area contributed by atoms with E-state index in [9.17, 15) is 4.79 Å². The van der Waals surface area contributed by atoms with Crippen LogP contribution in [0.25, 0.3) is 0 Å². The first kappa shape index (κ1) is 13.6. The van der Waals surface area contributed by atoms with E-state index in [0.717, 1.165) is 6.42 Å². The van der Waals surface area contributed by atoms with Crippen molar-refractivity contribution in [3.63, 3.8) is 0 Å². The van der Waals surface area contributed by atoms with Crippen LogP contribution in [0, 0.1) is 23.2 Å². The van der Waals surface area contributed by atoms with E-state index >= 15 is 0 Å². The largest absolute Gasteiger partial charge is 0.349 e. The van der Waals surface area contributed by atoms with Gasteiger partial charge in [-0.2, -0.15) is 5.26 Å². The summed E-state index contributed by atoms with van der Waals surface area (Å²) in [5.41, 5.74) is 1.10. The third kappa shape index (κ3) is 3.14. The van der Waals surface area contributed by atoms with Gasteiger partial charge in [-0.3, -0.25) is 4.79 Å². The van der Waals surface area contributed by atoms with Gasteiger partial charge in [0.25, 0.3) is 5.91 Å². The molecule has 0 bridgehead atoms. The molecule has 3 nitrogen and oxygen atoms in total. The lowest BCUT2D eigenvalue weighted by Gasteiger charge is -2.34. The standard InChI is InChI=1S/C16H20N2O/c1-11-5-3-8-15(12(11)2)18-16(19)14-7-4-6-13(9-14)10-17/h4,6-7,9,11-12,15H,3,5,8H2,1-2H3,(H,18,19)/t11-,12+,15-/m0/s1. The van der Waals surface area contributed by atoms with E-state index < -0.39 is 0 Å². The number of amides is 1. The van der Waals surface area contributed by atoms with Crippen molar-refractivity contribution < 1.29 is 4.79 Å². The van der Waals surface area contributed by atoms with E-state index in [1.807, 2.05) is 0 Å². The van der Waals surface area contributed by atoms with Gasteiger partial charge in [-0.05, 0) is 36.5 Å². The minimum absolute atomic E-state index is 0.0666. The van der Waals surface area contributed by atoms with Crippen LogP contribution in [0.3, 0.4) is 0 Å². The minimum Gasteiger partial charge on any atom is -0.349 e. The van der Waals surface area contributed by atoms with Crippen molar-refractivity contribution in [2.45, 2.75) is 39.2 Å². The SMILES string of the molecule is C[C@H]1[C@@H](NC(=O)c2cccc(C#N)c2)CCC[C@@H]1C. The molecule has 1 aromatic carbocycles. The highest BCUT2D eigenvalue weighted by Crippen LogP contribution is 2.29. The predicted molar refractivity (Wildman–Crippen MR) is 74.6 cm³/mol. The second kappa shape index (κ2) is 5.88. The summed E-state index contributed by atoms with van der Waals surface area (Å²) in [7, 11) is 0. The zero-order valence-corrected chi connectivity index (χ0v) is 11.5. The molecule has 0 saturated heterocycles. The van der Waals surface area contributed by atoms with Gasteiger partial charge in [0.05, 0.1) is 11.6 Å². The molecule has 1 N–H and O–H groups in total. The quantitative estimate of drug-likeness (QED) is 0.884. The number of nitriles is 1. The van der Waals surface area contributed by atoms with Gasteiger partial charge in [0.15, 0.2) is 0 Å². The van der Waals surface area contributed by atoms with Crippen LogP contribution in [0.5, 0.6) is 0 Å².